The Kier molecular flexibility index (Phi) is 3.64. The molecule has 1 saturated carbocycles. The van der Waals surface area contributed by atoms with E-state index in [0.717, 1.165) is 25.7 Å². The molecular weight excluding hydrogens is 236 g/mol. The van der Waals surface area contributed by atoms with Crippen LogP contribution in [0.5, 0.6) is 0 Å². The second-order valence-electron chi connectivity index (χ2n) is 6.34. The second-order valence-corrected chi connectivity index (χ2v) is 6.34. The first-order valence-corrected chi connectivity index (χ1v) is 7.68. The number of benzene rings is 1. The van der Waals surface area contributed by atoms with Crippen LogP contribution < -0.4 is 0 Å². The van der Waals surface area contributed by atoms with Gasteiger partial charge in [-0.1, -0.05) is 37.5 Å². The molecule has 0 aliphatic heterocycles. The zero-order chi connectivity index (χ0) is 13.3. The molecule has 0 saturated heterocycles. The summed E-state index contributed by atoms with van der Waals surface area (Å²) in [5.74, 6) is 0. The molecule has 2 heteroatoms. The highest BCUT2D eigenvalue weighted by molar-refractivity contribution is 5.35. The fraction of sp³-hybridized carbons (Fsp3) is 0.647. The van der Waals surface area contributed by atoms with Crippen molar-refractivity contribution in [2.24, 2.45) is 0 Å². The molecule has 2 aliphatic carbocycles. The van der Waals surface area contributed by atoms with Gasteiger partial charge in [-0.2, -0.15) is 0 Å². The Morgan fingerprint density at radius 2 is 1.74 bits per heavy atom. The van der Waals surface area contributed by atoms with Crippen LogP contribution in [0.1, 0.15) is 55.2 Å². The van der Waals surface area contributed by atoms with Gasteiger partial charge in [-0.3, -0.25) is 0 Å². The SMILES string of the molecule is OC(Cc1ccc2c(c1)CCC2)C1(O)CCCCC1. The maximum absolute atomic E-state index is 10.5. The molecule has 0 heterocycles. The van der Waals surface area contributed by atoms with Crippen LogP contribution in [0.3, 0.4) is 0 Å². The van der Waals surface area contributed by atoms with Crippen molar-refractivity contribution < 1.29 is 10.2 Å². The highest BCUT2D eigenvalue weighted by Crippen LogP contribution is 2.33. The Morgan fingerprint density at radius 3 is 2.53 bits per heavy atom. The average Bonchev–Trinajstić information content (AvgIpc) is 2.87. The van der Waals surface area contributed by atoms with Crippen molar-refractivity contribution in [2.45, 2.75) is 69.5 Å². The van der Waals surface area contributed by atoms with Gasteiger partial charge in [-0.15, -0.1) is 0 Å². The predicted octanol–water partition coefficient (Wildman–Crippen LogP) is 2.77. The van der Waals surface area contributed by atoms with Crippen LogP contribution in [0.4, 0.5) is 0 Å². The molecule has 1 fully saturated rings. The third-order valence-corrected chi connectivity index (χ3v) is 4.93. The van der Waals surface area contributed by atoms with E-state index in [2.05, 4.69) is 18.2 Å². The molecule has 2 aliphatic rings. The van der Waals surface area contributed by atoms with E-state index in [9.17, 15) is 10.2 Å². The van der Waals surface area contributed by atoms with Gasteiger partial charge in [0.25, 0.3) is 0 Å². The minimum absolute atomic E-state index is 0.587. The summed E-state index contributed by atoms with van der Waals surface area (Å²) < 4.78 is 0. The number of rotatable bonds is 3. The number of aliphatic hydroxyl groups excluding tert-OH is 1. The minimum atomic E-state index is -0.850. The van der Waals surface area contributed by atoms with Crippen molar-refractivity contribution in [1.29, 1.82) is 0 Å². The number of aryl methyl sites for hydroxylation is 2. The molecule has 1 unspecified atom stereocenters. The van der Waals surface area contributed by atoms with E-state index in [1.807, 2.05) is 0 Å². The van der Waals surface area contributed by atoms with E-state index in [1.54, 1.807) is 0 Å². The summed E-state index contributed by atoms with van der Waals surface area (Å²) >= 11 is 0. The molecular formula is C17H24O2. The Hall–Kier alpha value is -0.860. The van der Waals surface area contributed by atoms with Crippen molar-refractivity contribution >= 4 is 0 Å². The standard InChI is InChI=1S/C17H24O2/c18-16(17(19)9-2-1-3-10-17)12-13-7-8-14-5-4-6-15(14)11-13/h7-8,11,16,18-19H,1-6,9-10,12H2. The molecule has 1 aromatic rings. The summed E-state index contributed by atoms with van der Waals surface area (Å²) in [5, 5.41) is 20.9. The molecule has 0 amide bonds. The highest BCUT2D eigenvalue weighted by atomic mass is 16.3. The molecule has 1 aromatic carbocycles. The Morgan fingerprint density at radius 1 is 1.00 bits per heavy atom. The monoisotopic (exact) mass is 260 g/mol. The fourth-order valence-electron chi connectivity index (χ4n) is 3.66. The van der Waals surface area contributed by atoms with Gasteiger partial charge in [-0.25, -0.2) is 0 Å². The molecule has 0 radical (unpaired) electrons. The van der Waals surface area contributed by atoms with Gasteiger partial charge in [0, 0.05) is 6.42 Å². The molecule has 104 valence electrons. The summed E-state index contributed by atoms with van der Waals surface area (Å²) in [6.07, 6.45) is 8.36. The van der Waals surface area contributed by atoms with E-state index in [-0.39, 0.29) is 0 Å². The molecule has 0 aromatic heterocycles. The summed E-state index contributed by atoms with van der Waals surface area (Å²) in [7, 11) is 0. The maximum atomic E-state index is 10.5. The Bertz CT molecular complexity index is 447. The van der Waals surface area contributed by atoms with Crippen LogP contribution >= 0.6 is 0 Å². The van der Waals surface area contributed by atoms with E-state index in [1.165, 1.54) is 42.4 Å². The van der Waals surface area contributed by atoms with Crippen LogP contribution in [0.15, 0.2) is 18.2 Å². The van der Waals surface area contributed by atoms with E-state index in [0.29, 0.717) is 6.42 Å². The molecule has 0 spiro atoms. The zero-order valence-electron chi connectivity index (χ0n) is 11.6. The Balaban J connectivity index is 1.70. The number of hydrogen-bond donors (Lipinski definition) is 2. The molecule has 2 nitrogen and oxygen atoms in total. The van der Waals surface area contributed by atoms with E-state index >= 15 is 0 Å². The van der Waals surface area contributed by atoms with Gasteiger partial charge in [0.05, 0.1) is 11.7 Å². The van der Waals surface area contributed by atoms with Gasteiger partial charge in [0.1, 0.15) is 0 Å². The molecule has 3 rings (SSSR count). The van der Waals surface area contributed by atoms with Gasteiger partial charge < -0.3 is 10.2 Å². The maximum Gasteiger partial charge on any atom is 0.0908 e. The van der Waals surface area contributed by atoms with Crippen molar-refractivity contribution in [3.63, 3.8) is 0 Å². The van der Waals surface area contributed by atoms with Gasteiger partial charge in [0.2, 0.25) is 0 Å². The van der Waals surface area contributed by atoms with Crippen LogP contribution in [0.2, 0.25) is 0 Å². The highest BCUT2D eigenvalue weighted by Gasteiger charge is 2.36. The summed E-state index contributed by atoms with van der Waals surface area (Å²) in [6.45, 7) is 0. The number of hydrogen-bond acceptors (Lipinski definition) is 2. The van der Waals surface area contributed by atoms with Gasteiger partial charge in [-0.05, 0) is 48.8 Å². The quantitative estimate of drug-likeness (QED) is 0.877. The van der Waals surface area contributed by atoms with Gasteiger partial charge >= 0.3 is 0 Å². The third kappa shape index (κ3) is 2.70. The van der Waals surface area contributed by atoms with E-state index in [4.69, 9.17) is 0 Å². The molecule has 0 bridgehead atoms. The lowest BCUT2D eigenvalue weighted by atomic mass is 9.79. The summed E-state index contributed by atoms with van der Waals surface area (Å²) in [5.41, 5.74) is 3.24. The van der Waals surface area contributed by atoms with Crippen LogP contribution in [-0.4, -0.2) is 21.9 Å². The first-order valence-electron chi connectivity index (χ1n) is 7.68. The van der Waals surface area contributed by atoms with Crippen molar-refractivity contribution in [2.75, 3.05) is 0 Å². The predicted molar refractivity (Wildman–Crippen MR) is 76.2 cm³/mol. The number of aliphatic hydroxyl groups is 2. The molecule has 19 heavy (non-hydrogen) atoms. The fourth-order valence-corrected chi connectivity index (χ4v) is 3.66. The third-order valence-electron chi connectivity index (χ3n) is 4.93. The minimum Gasteiger partial charge on any atom is -0.390 e. The normalized spacial score (nSPS) is 23.1. The first kappa shape index (κ1) is 13.1. The summed E-state index contributed by atoms with van der Waals surface area (Å²) in [4.78, 5) is 0. The lowest BCUT2D eigenvalue weighted by Gasteiger charge is -2.36. The summed E-state index contributed by atoms with van der Waals surface area (Å²) in [6, 6.07) is 6.56. The number of fused-ring (bicyclic) bond motifs is 1. The molecule has 2 N–H and O–H groups in total. The Labute approximate surface area is 115 Å². The average molecular weight is 260 g/mol. The first-order chi connectivity index (χ1) is 9.17. The van der Waals surface area contributed by atoms with Crippen molar-refractivity contribution in [3.05, 3.63) is 34.9 Å². The second kappa shape index (κ2) is 5.26. The van der Waals surface area contributed by atoms with Crippen LogP contribution in [-0.2, 0) is 19.3 Å². The van der Waals surface area contributed by atoms with Crippen LogP contribution in [0.25, 0.3) is 0 Å². The zero-order valence-corrected chi connectivity index (χ0v) is 11.6. The van der Waals surface area contributed by atoms with Crippen LogP contribution in [0, 0.1) is 0 Å². The smallest absolute Gasteiger partial charge is 0.0908 e. The van der Waals surface area contributed by atoms with E-state index < -0.39 is 11.7 Å². The lowest BCUT2D eigenvalue weighted by molar-refractivity contribution is -0.0960. The lowest BCUT2D eigenvalue weighted by Crippen LogP contribution is -2.45. The van der Waals surface area contributed by atoms with Crippen molar-refractivity contribution in [1.82, 2.24) is 0 Å². The van der Waals surface area contributed by atoms with Gasteiger partial charge in [0.15, 0.2) is 0 Å². The largest absolute Gasteiger partial charge is 0.390 e. The van der Waals surface area contributed by atoms with Crippen molar-refractivity contribution in [3.8, 4) is 0 Å². The topological polar surface area (TPSA) is 40.5 Å². The molecule has 1 atom stereocenters.